The zero-order valence-corrected chi connectivity index (χ0v) is 15.7. The van der Waals surface area contributed by atoms with E-state index in [1.165, 1.54) is 29.5 Å². The van der Waals surface area contributed by atoms with Crippen LogP contribution in [0.25, 0.3) is 0 Å². The molecule has 1 aliphatic rings. The van der Waals surface area contributed by atoms with E-state index in [1.807, 2.05) is 13.1 Å². The fourth-order valence-electron chi connectivity index (χ4n) is 3.90. The Kier molecular flexibility index (Phi) is 5.59. The van der Waals surface area contributed by atoms with Gasteiger partial charge in [0, 0.05) is 0 Å². The minimum Gasteiger partial charge on any atom is -0.507 e. The highest BCUT2D eigenvalue weighted by molar-refractivity contribution is 14.1. The average molecular weight is 421 g/mol. The maximum atomic E-state index is 10.0. The first-order chi connectivity index (χ1) is 11.2. The van der Waals surface area contributed by atoms with Gasteiger partial charge in [-0.05, 0) is 96.5 Å². The topological polar surface area (TPSA) is 32.3 Å². The second kappa shape index (κ2) is 7.67. The maximum Gasteiger partial charge on any atom is 0.129 e. The number of aromatic hydroxyl groups is 1. The number of rotatable bonds is 5. The van der Waals surface area contributed by atoms with Crippen molar-refractivity contribution in [1.29, 1.82) is 0 Å². The molecule has 0 spiro atoms. The maximum absolute atomic E-state index is 10.0. The summed E-state index contributed by atoms with van der Waals surface area (Å²) in [6.45, 7) is 1.02. The van der Waals surface area contributed by atoms with Crippen molar-refractivity contribution in [1.82, 2.24) is 5.32 Å². The lowest BCUT2D eigenvalue weighted by atomic mass is 9.73. The smallest absolute Gasteiger partial charge is 0.129 e. The van der Waals surface area contributed by atoms with Crippen LogP contribution in [0.1, 0.15) is 35.4 Å². The van der Waals surface area contributed by atoms with Crippen LogP contribution in [0.3, 0.4) is 0 Å². The summed E-state index contributed by atoms with van der Waals surface area (Å²) in [5.74, 6) is 1.58. The van der Waals surface area contributed by atoms with Gasteiger partial charge in [0.1, 0.15) is 5.75 Å². The van der Waals surface area contributed by atoms with Gasteiger partial charge < -0.3 is 10.4 Å². The molecule has 0 bridgehead atoms. The molecule has 0 aliphatic heterocycles. The van der Waals surface area contributed by atoms with Gasteiger partial charge in [-0.25, -0.2) is 0 Å². The SMILES string of the molecule is CNCC(Cc1ccccc1)C1CCCc2c1ccc(O)c2I. The molecule has 0 aromatic heterocycles. The molecule has 2 nitrogen and oxygen atoms in total. The molecule has 23 heavy (non-hydrogen) atoms. The van der Waals surface area contributed by atoms with Crippen molar-refractivity contribution in [2.45, 2.75) is 31.6 Å². The first kappa shape index (κ1) is 16.8. The molecule has 0 fully saturated rings. The Morgan fingerprint density at radius 2 is 2.00 bits per heavy atom. The van der Waals surface area contributed by atoms with Crippen LogP contribution in [-0.2, 0) is 12.8 Å². The summed E-state index contributed by atoms with van der Waals surface area (Å²) in [5.41, 5.74) is 4.24. The summed E-state index contributed by atoms with van der Waals surface area (Å²) in [6, 6.07) is 14.8. The highest BCUT2D eigenvalue weighted by atomic mass is 127. The van der Waals surface area contributed by atoms with Crippen LogP contribution in [0.4, 0.5) is 0 Å². The molecular weight excluding hydrogens is 397 g/mol. The number of benzene rings is 2. The number of nitrogens with one attached hydrogen (secondary N) is 1. The second-order valence-corrected chi connectivity index (χ2v) is 7.55. The fourth-order valence-corrected chi connectivity index (χ4v) is 4.67. The Morgan fingerprint density at radius 3 is 2.74 bits per heavy atom. The van der Waals surface area contributed by atoms with Gasteiger partial charge in [0.05, 0.1) is 3.57 Å². The third-order valence-corrected chi connectivity index (χ3v) is 6.18. The summed E-state index contributed by atoms with van der Waals surface area (Å²) in [7, 11) is 2.04. The molecule has 2 atom stereocenters. The predicted molar refractivity (Wildman–Crippen MR) is 104 cm³/mol. The molecule has 1 aliphatic carbocycles. The first-order valence-corrected chi connectivity index (χ1v) is 9.47. The Morgan fingerprint density at radius 1 is 1.22 bits per heavy atom. The van der Waals surface area contributed by atoms with E-state index in [-0.39, 0.29) is 0 Å². The molecule has 2 aromatic rings. The Labute approximate surface area is 152 Å². The molecule has 2 N–H and O–H groups in total. The van der Waals surface area contributed by atoms with Crippen LogP contribution in [-0.4, -0.2) is 18.7 Å². The van der Waals surface area contributed by atoms with Crippen molar-refractivity contribution in [3.8, 4) is 5.75 Å². The second-order valence-electron chi connectivity index (χ2n) is 6.47. The highest BCUT2D eigenvalue weighted by Crippen LogP contribution is 2.41. The molecule has 2 unspecified atom stereocenters. The zero-order valence-electron chi connectivity index (χ0n) is 13.6. The third kappa shape index (κ3) is 3.72. The molecule has 0 heterocycles. The molecular formula is C20H24INO. The standard InChI is InChI=1S/C20H24INO/c1-22-13-15(12-14-6-3-2-4-7-14)16-8-5-9-18-17(16)10-11-19(23)20(18)21/h2-4,6-7,10-11,15-16,22-23H,5,8-9,12-13H2,1H3. The number of hydrogen-bond donors (Lipinski definition) is 2. The number of phenolic OH excluding ortho intramolecular Hbond substituents is 1. The van der Waals surface area contributed by atoms with Crippen molar-refractivity contribution >= 4 is 22.6 Å². The van der Waals surface area contributed by atoms with Gasteiger partial charge in [-0.3, -0.25) is 0 Å². The van der Waals surface area contributed by atoms with Crippen LogP contribution in [0.15, 0.2) is 42.5 Å². The molecule has 3 heteroatoms. The number of fused-ring (bicyclic) bond motifs is 1. The van der Waals surface area contributed by atoms with Crippen molar-refractivity contribution < 1.29 is 5.11 Å². The summed E-state index contributed by atoms with van der Waals surface area (Å²) in [5, 5.41) is 13.4. The largest absolute Gasteiger partial charge is 0.507 e. The van der Waals surface area contributed by atoms with E-state index < -0.39 is 0 Å². The number of hydrogen-bond acceptors (Lipinski definition) is 2. The van der Waals surface area contributed by atoms with Crippen molar-refractivity contribution in [3.63, 3.8) is 0 Å². The first-order valence-electron chi connectivity index (χ1n) is 8.39. The van der Waals surface area contributed by atoms with Crippen molar-refractivity contribution in [2.75, 3.05) is 13.6 Å². The summed E-state index contributed by atoms with van der Waals surface area (Å²) in [6.07, 6.45) is 4.65. The minimum atomic E-state index is 0.429. The quantitative estimate of drug-likeness (QED) is 0.698. The molecule has 122 valence electrons. The van der Waals surface area contributed by atoms with Gasteiger partial charge in [0.15, 0.2) is 0 Å². The third-order valence-electron chi connectivity index (χ3n) is 4.98. The Bertz CT molecular complexity index is 656. The molecule has 0 saturated heterocycles. The van der Waals surface area contributed by atoms with Crippen LogP contribution in [0.5, 0.6) is 5.75 Å². The molecule has 0 saturated carbocycles. The lowest BCUT2D eigenvalue weighted by Gasteiger charge is -2.33. The van der Waals surface area contributed by atoms with E-state index in [1.54, 1.807) is 0 Å². The zero-order chi connectivity index (χ0) is 16.2. The van der Waals surface area contributed by atoms with E-state index in [9.17, 15) is 5.11 Å². The van der Waals surface area contributed by atoms with Crippen molar-refractivity contribution in [2.24, 2.45) is 5.92 Å². The van der Waals surface area contributed by atoms with Crippen molar-refractivity contribution in [3.05, 3.63) is 62.7 Å². The Balaban J connectivity index is 1.91. The van der Waals surface area contributed by atoms with Crippen LogP contribution >= 0.6 is 22.6 Å². The summed E-state index contributed by atoms with van der Waals surface area (Å²) >= 11 is 2.30. The molecule has 0 radical (unpaired) electrons. The van der Waals surface area contributed by atoms with E-state index >= 15 is 0 Å². The minimum absolute atomic E-state index is 0.429. The normalized spacial score (nSPS) is 18.4. The highest BCUT2D eigenvalue weighted by Gasteiger charge is 2.29. The lowest BCUT2D eigenvalue weighted by molar-refractivity contribution is 0.364. The summed E-state index contributed by atoms with van der Waals surface area (Å²) < 4.78 is 1.05. The monoisotopic (exact) mass is 421 g/mol. The Hall–Kier alpha value is -1.07. The lowest BCUT2D eigenvalue weighted by Crippen LogP contribution is -2.29. The van der Waals surface area contributed by atoms with Gasteiger partial charge in [-0.15, -0.1) is 0 Å². The predicted octanol–water partition coefficient (Wildman–Crippen LogP) is 4.50. The van der Waals surface area contributed by atoms with Crippen LogP contribution in [0.2, 0.25) is 0 Å². The molecule has 3 rings (SSSR count). The van der Waals surface area contributed by atoms with Gasteiger partial charge in [0.2, 0.25) is 0 Å². The van der Waals surface area contributed by atoms with E-state index in [0.717, 1.165) is 23.0 Å². The van der Waals surface area contributed by atoms with Gasteiger partial charge in [0.25, 0.3) is 0 Å². The number of phenols is 1. The van der Waals surface area contributed by atoms with E-state index in [2.05, 4.69) is 64.3 Å². The summed E-state index contributed by atoms with van der Waals surface area (Å²) in [4.78, 5) is 0. The molecule has 0 amide bonds. The van der Waals surface area contributed by atoms with E-state index in [4.69, 9.17) is 0 Å². The van der Waals surface area contributed by atoms with Crippen LogP contribution < -0.4 is 5.32 Å². The van der Waals surface area contributed by atoms with Gasteiger partial charge in [-0.1, -0.05) is 36.4 Å². The van der Waals surface area contributed by atoms with E-state index in [0.29, 0.717) is 17.6 Å². The number of halogens is 1. The average Bonchev–Trinajstić information content (AvgIpc) is 2.58. The van der Waals surface area contributed by atoms with Gasteiger partial charge >= 0.3 is 0 Å². The molecule has 2 aromatic carbocycles. The van der Waals surface area contributed by atoms with Gasteiger partial charge in [-0.2, -0.15) is 0 Å². The van der Waals surface area contributed by atoms with Crippen LogP contribution in [0, 0.1) is 9.49 Å². The fraction of sp³-hybridized carbons (Fsp3) is 0.400.